The van der Waals surface area contributed by atoms with Gasteiger partial charge in [-0.05, 0) is 30.2 Å². The molecular formula is C17H15ClN2. The predicted molar refractivity (Wildman–Crippen MR) is 85.4 cm³/mol. The molecule has 0 fully saturated rings. The Morgan fingerprint density at radius 2 is 1.85 bits per heavy atom. The van der Waals surface area contributed by atoms with E-state index >= 15 is 0 Å². The van der Waals surface area contributed by atoms with Crippen molar-refractivity contribution in [2.75, 3.05) is 11.9 Å². The number of hydrogen-bond donors (Lipinski definition) is 1. The average Bonchev–Trinajstić information content (AvgIpc) is 2.48. The highest BCUT2D eigenvalue weighted by Gasteiger charge is 2.03. The molecule has 0 saturated carbocycles. The molecule has 2 aromatic carbocycles. The Morgan fingerprint density at radius 3 is 2.70 bits per heavy atom. The summed E-state index contributed by atoms with van der Waals surface area (Å²) < 4.78 is 0. The van der Waals surface area contributed by atoms with Crippen LogP contribution in [0.1, 0.15) is 5.56 Å². The van der Waals surface area contributed by atoms with E-state index < -0.39 is 0 Å². The minimum atomic E-state index is 0.729. The molecule has 3 heteroatoms. The third kappa shape index (κ3) is 2.91. The Labute approximate surface area is 123 Å². The first-order valence-corrected chi connectivity index (χ1v) is 7.03. The fraction of sp³-hybridized carbons (Fsp3) is 0.118. The van der Waals surface area contributed by atoms with Crippen LogP contribution in [-0.4, -0.2) is 11.5 Å². The average molecular weight is 283 g/mol. The van der Waals surface area contributed by atoms with E-state index in [0.29, 0.717) is 0 Å². The molecule has 0 saturated heterocycles. The fourth-order valence-corrected chi connectivity index (χ4v) is 2.50. The number of rotatable bonds is 4. The van der Waals surface area contributed by atoms with Gasteiger partial charge in [0, 0.05) is 23.2 Å². The number of halogens is 1. The first-order chi connectivity index (χ1) is 9.83. The molecule has 3 aromatic rings. The van der Waals surface area contributed by atoms with Crippen LogP contribution in [0.3, 0.4) is 0 Å². The van der Waals surface area contributed by atoms with Crippen molar-refractivity contribution in [3.8, 4) is 0 Å². The van der Waals surface area contributed by atoms with Crippen molar-refractivity contribution >= 4 is 28.2 Å². The zero-order valence-electron chi connectivity index (χ0n) is 11.0. The minimum Gasteiger partial charge on any atom is -0.383 e. The van der Waals surface area contributed by atoms with Gasteiger partial charge in [-0.2, -0.15) is 0 Å². The van der Waals surface area contributed by atoms with Gasteiger partial charge in [0.1, 0.15) is 0 Å². The lowest BCUT2D eigenvalue weighted by atomic mass is 10.1. The van der Waals surface area contributed by atoms with E-state index in [-0.39, 0.29) is 0 Å². The molecule has 0 aliphatic heterocycles. The van der Waals surface area contributed by atoms with Crippen LogP contribution in [0, 0.1) is 0 Å². The molecular weight excluding hydrogens is 268 g/mol. The number of hydrogen-bond acceptors (Lipinski definition) is 2. The number of fused-ring (bicyclic) bond motifs is 1. The van der Waals surface area contributed by atoms with Crippen molar-refractivity contribution in [2.45, 2.75) is 6.42 Å². The maximum Gasteiger partial charge on any atom is 0.0934 e. The summed E-state index contributed by atoms with van der Waals surface area (Å²) in [4.78, 5) is 4.43. The van der Waals surface area contributed by atoms with Crippen molar-refractivity contribution in [2.24, 2.45) is 0 Å². The molecule has 1 aromatic heterocycles. The molecule has 100 valence electrons. The van der Waals surface area contributed by atoms with Crippen LogP contribution in [0.2, 0.25) is 5.02 Å². The van der Waals surface area contributed by atoms with Gasteiger partial charge >= 0.3 is 0 Å². The van der Waals surface area contributed by atoms with Crippen molar-refractivity contribution < 1.29 is 0 Å². The standard InChI is InChI=1S/C17H15ClN2/c18-15-11-14-7-4-9-20-17(14)16(12-15)19-10-8-13-5-2-1-3-6-13/h1-7,9,11-12,19H,8,10H2. The summed E-state index contributed by atoms with van der Waals surface area (Å²) in [6, 6.07) is 18.2. The lowest BCUT2D eigenvalue weighted by Crippen LogP contribution is -2.05. The van der Waals surface area contributed by atoms with Gasteiger partial charge in [0.05, 0.1) is 11.2 Å². The molecule has 2 nitrogen and oxygen atoms in total. The molecule has 0 radical (unpaired) electrons. The number of nitrogens with zero attached hydrogens (tertiary/aromatic N) is 1. The highest BCUT2D eigenvalue weighted by atomic mass is 35.5. The predicted octanol–water partition coefficient (Wildman–Crippen LogP) is 4.54. The largest absolute Gasteiger partial charge is 0.383 e. The monoisotopic (exact) mass is 282 g/mol. The summed E-state index contributed by atoms with van der Waals surface area (Å²) in [6.07, 6.45) is 2.78. The minimum absolute atomic E-state index is 0.729. The van der Waals surface area contributed by atoms with Crippen LogP contribution in [0.25, 0.3) is 10.9 Å². The maximum absolute atomic E-state index is 6.15. The summed E-state index contributed by atoms with van der Waals surface area (Å²) in [5.41, 5.74) is 3.27. The van der Waals surface area contributed by atoms with Gasteiger partial charge in [0.25, 0.3) is 0 Å². The van der Waals surface area contributed by atoms with Gasteiger partial charge < -0.3 is 5.32 Å². The van der Waals surface area contributed by atoms with Gasteiger partial charge in [-0.15, -0.1) is 0 Å². The summed E-state index contributed by atoms with van der Waals surface area (Å²) in [5, 5.41) is 5.22. The topological polar surface area (TPSA) is 24.9 Å². The van der Waals surface area contributed by atoms with E-state index in [0.717, 1.165) is 34.6 Å². The first-order valence-electron chi connectivity index (χ1n) is 6.65. The van der Waals surface area contributed by atoms with Crippen molar-refractivity contribution in [3.05, 3.63) is 71.4 Å². The highest BCUT2D eigenvalue weighted by Crippen LogP contribution is 2.26. The first kappa shape index (κ1) is 12.9. The van der Waals surface area contributed by atoms with Gasteiger partial charge in [-0.25, -0.2) is 0 Å². The maximum atomic E-state index is 6.15. The van der Waals surface area contributed by atoms with E-state index in [1.807, 2.05) is 30.3 Å². The normalized spacial score (nSPS) is 10.7. The summed E-state index contributed by atoms with van der Waals surface area (Å²) >= 11 is 6.15. The Hall–Kier alpha value is -2.06. The van der Waals surface area contributed by atoms with E-state index in [1.54, 1.807) is 6.20 Å². The van der Waals surface area contributed by atoms with Crippen molar-refractivity contribution in [3.63, 3.8) is 0 Å². The van der Waals surface area contributed by atoms with Crippen LogP contribution in [0.5, 0.6) is 0 Å². The van der Waals surface area contributed by atoms with Crippen LogP contribution in [0.15, 0.2) is 60.8 Å². The number of pyridine rings is 1. The van der Waals surface area contributed by atoms with E-state index in [4.69, 9.17) is 11.6 Å². The highest BCUT2D eigenvalue weighted by molar-refractivity contribution is 6.31. The third-order valence-electron chi connectivity index (χ3n) is 3.24. The van der Waals surface area contributed by atoms with Crippen LogP contribution in [0.4, 0.5) is 5.69 Å². The molecule has 20 heavy (non-hydrogen) atoms. The second kappa shape index (κ2) is 5.93. The van der Waals surface area contributed by atoms with Gasteiger partial charge in [0.2, 0.25) is 0 Å². The molecule has 1 heterocycles. The second-order valence-electron chi connectivity index (χ2n) is 4.69. The lowest BCUT2D eigenvalue weighted by Gasteiger charge is -2.10. The number of nitrogens with one attached hydrogen (secondary N) is 1. The van der Waals surface area contributed by atoms with E-state index in [1.165, 1.54) is 5.56 Å². The molecule has 0 aliphatic carbocycles. The van der Waals surface area contributed by atoms with Crippen molar-refractivity contribution in [1.82, 2.24) is 4.98 Å². The second-order valence-corrected chi connectivity index (χ2v) is 5.13. The molecule has 0 spiro atoms. The SMILES string of the molecule is Clc1cc(NCCc2ccccc2)c2ncccc2c1. The van der Waals surface area contributed by atoms with Gasteiger partial charge in [0.15, 0.2) is 0 Å². The van der Waals surface area contributed by atoms with Crippen LogP contribution in [-0.2, 0) is 6.42 Å². The van der Waals surface area contributed by atoms with Crippen LogP contribution < -0.4 is 5.32 Å². The summed E-state index contributed by atoms with van der Waals surface area (Å²) in [5.74, 6) is 0. The summed E-state index contributed by atoms with van der Waals surface area (Å²) in [6.45, 7) is 0.857. The van der Waals surface area contributed by atoms with Gasteiger partial charge in [-0.1, -0.05) is 48.0 Å². The smallest absolute Gasteiger partial charge is 0.0934 e. The molecule has 0 amide bonds. The Balaban J connectivity index is 1.77. The molecule has 0 bridgehead atoms. The van der Waals surface area contributed by atoms with Crippen molar-refractivity contribution in [1.29, 1.82) is 0 Å². The zero-order chi connectivity index (χ0) is 13.8. The fourth-order valence-electron chi connectivity index (χ4n) is 2.28. The molecule has 1 N–H and O–H groups in total. The molecule has 0 unspecified atom stereocenters. The molecule has 0 aliphatic rings. The Kier molecular flexibility index (Phi) is 3.84. The quantitative estimate of drug-likeness (QED) is 0.760. The van der Waals surface area contributed by atoms with Gasteiger partial charge in [-0.3, -0.25) is 4.98 Å². The number of anilines is 1. The summed E-state index contributed by atoms with van der Waals surface area (Å²) in [7, 11) is 0. The Bertz CT molecular complexity index is 711. The molecule has 0 atom stereocenters. The lowest BCUT2D eigenvalue weighted by molar-refractivity contribution is 1.02. The third-order valence-corrected chi connectivity index (χ3v) is 3.46. The van der Waals surface area contributed by atoms with E-state index in [9.17, 15) is 0 Å². The zero-order valence-corrected chi connectivity index (χ0v) is 11.8. The molecule has 3 rings (SSSR count). The Morgan fingerprint density at radius 1 is 1.00 bits per heavy atom. The van der Waals surface area contributed by atoms with Crippen LogP contribution >= 0.6 is 11.6 Å². The number of aromatic nitrogens is 1. The van der Waals surface area contributed by atoms with E-state index in [2.05, 4.69) is 34.6 Å². The number of benzene rings is 2.